The number of halogens is 1. The van der Waals surface area contributed by atoms with Crippen LogP contribution in [0.3, 0.4) is 0 Å². The standard InChI is InChI=1S/C20H22ClN5OS/c1-4-6-16(23-3)12(2)26-20(27)14(11-22)19(28-26)25-18-13-7-5-10-24-17(13)9-8-15(18)21/h5,7-10,12,16,23,25H,4,6H2,1-3H3/t12?,16-/m1/s1. The fourth-order valence-corrected chi connectivity index (χ4v) is 4.58. The lowest BCUT2D eigenvalue weighted by Crippen LogP contribution is -2.36. The van der Waals surface area contributed by atoms with E-state index in [0.29, 0.717) is 15.7 Å². The summed E-state index contributed by atoms with van der Waals surface area (Å²) in [4.78, 5) is 17.2. The van der Waals surface area contributed by atoms with Gasteiger partial charge in [-0.3, -0.25) is 13.7 Å². The molecule has 0 aliphatic rings. The number of benzene rings is 1. The maximum absolute atomic E-state index is 12.9. The van der Waals surface area contributed by atoms with E-state index >= 15 is 0 Å². The van der Waals surface area contributed by atoms with Gasteiger partial charge in [-0.25, -0.2) is 0 Å². The van der Waals surface area contributed by atoms with Crippen LogP contribution >= 0.6 is 23.1 Å². The highest BCUT2D eigenvalue weighted by molar-refractivity contribution is 7.11. The molecule has 0 amide bonds. The highest BCUT2D eigenvalue weighted by Crippen LogP contribution is 2.35. The zero-order valence-corrected chi connectivity index (χ0v) is 17.6. The Kier molecular flexibility index (Phi) is 6.35. The molecule has 1 unspecified atom stereocenters. The number of anilines is 2. The Bertz CT molecular complexity index is 1080. The number of nitriles is 1. The minimum Gasteiger partial charge on any atom is -0.343 e. The monoisotopic (exact) mass is 415 g/mol. The van der Waals surface area contributed by atoms with Crippen LogP contribution in [-0.4, -0.2) is 22.0 Å². The minimum atomic E-state index is -0.284. The number of pyridine rings is 1. The first kappa shape index (κ1) is 20.3. The summed E-state index contributed by atoms with van der Waals surface area (Å²) in [6, 6.07) is 9.45. The van der Waals surface area contributed by atoms with Crippen molar-refractivity contribution in [2.45, 2.75) is 38.8 Å². The summed E-state index contributed by atoms with van der Waals surface area (Å²) >= 11 is 7.66. The number of hydrogen-bond donors (Lipinski definition) is 2. The van der Waals surface area contributed by atoms with Gasteiger partial charge in [-0.05, 0) is 56.2 Å². The summed E-state index contributed by atoms with van der Waals surface area (Å²) in [7, 11) is 1.89. The molecule has 0 saturated carbocycles. The lowest BCUT2D eigenvalue weighted by molar-refractivity contribution is 0.380. The van der Waals surface area contributed by atoms with Crippen molar-refractivity contribution in [3.8, 4) is 6.07 Å². The molecule has 2 aromatic heterocycles. The van der Waals surface area contributed by atoms with Crippen molar-refractivity contribution in [2.24, 2.45) is 0 Å². The number of nitrogens with zero attached hydrogens (tertiary/aromatic N) is 3. The van der Waals surface area contributed by atoms with Gasteiger partial charge in [0.05, 0.1) is 22.3 Å². The molecule has 2 heterocycles. The quantitative estimate of drug-likeness (QED) is 0.585. The van der Waals surface area contributed by atoms with Gasteiger partial charge < -0.3 is 10.6 Å². The largest absolute Gasteiger partial charge is 0.343 e. The van der Waals surface area contributed by atoms with Crippen LogP contribution in [0.1, 0.15) is 38.3 Å². The van der Waals surface area contributed by atoms with Gasteiger partial charge in [0, 0.05) is 17.6 Å². The minimum absolute atomic E-state index is 0.0743. The first-order valence-corrected chi connectivity index (χ1v) is 10.3. The van der Waals surface area contributed by atoms with E-state index in [2.05, 4.69) is 28.6 Å². The van der Waals surface area contributed by atoms with Crippen molar-refractivity contribution in [3.63, 3.8) is 0 Å². The van der Waals surface area contributed by atoms with Gasteiger partial charge in [0.2, 0.25) is 0 Å². The maximum atomic E-state index is 12.9. The summed E-state index contributed by atoms with van der Waals surface area (Å²) < 4.78 is 1.66. The predicted octanol–water partition coefficient (Wildman–Crippen LogP) is 4.68. The second-order valence-electron chi connectivity index (χ2n) is 6.58. The fraction of sp³-hybridized carbons (Fsp3) is 0.350. The first-order chi connectivity index (χ1) is 13.5. The summed E-state index contributed by atoms with van der Waals surface area (Å²) in [5, 5.41) is 17.9. The van der Waals surface area contributed by atoms with E-state index in [1.54, 1.807) is 16.2 Å². The fourth-order valence-electron chi connectivity index (χ4n) is 3.31. The molecule has 0 aliphatic heterocycles. The molecule has 28 heavy (non-hydrogen) atoms. The number of nitrogens with one attached hydrogen (secondary N) is 2. The van der Waals surface area contributed by atoms with E-state index in [-0.39, 0.29) is 23.2 Å². The highest BCUT2D eigenvalue weighted by Gasteiger charge is 2.24. The van der Waals surface area contributed by atoms with Gasteiger partial charge in [-0.2, -0.15) is 5.26 Å². The normalized spacial score (nSPS) is 13.2. The second kappa shape index (κ2) is 8.74. The SMILES string of the molecule is CCC[C@@H](NC)C(C)n1sc(Nc2c(Cl)ccc3ncccc23)c(C#N)c1=O. The third-order valence-corrected chi connectivity index (χ3v) is 6.34. The molecule has 3 rings (SSSR count). The van der Waals surface area contributed by atoms with Crippen LogP contribution in [-0.2, 0) is 0 Å². The molecule has 6 nitrogen and oxygen atoms in total. The molecule has 2 N–H and O–H groups in total. The molecule has 0 radical (unpaired) electrons. The van der Waals surface area contributed by atoms with E-state index in [4.69, 9.17) is 11.6 Å². The number of aromatic nitrogens is 2. The number of hydrogen-bond acceptors (Lipinski definition) is 6. The Morgan fingerprint density at radius 2 is 2.18 bits per heavy atom. The zero-order valence-electron chi connectivity index (χ0n) is 16.0. The van der Waals surface area contributed by atoms with Gasteiger partial charge >= 0.3 is 0 Å². The summed E-state index contributed by atoms with van der Waals surface area (Å²) in [6.45, 7) is 4.10. The number of likely N-dealkylation sites (N-methyl/N-ethyl adjacent to an activating group) is 1. The molecule has 8 heteroatoms. The van der Waals surface area contributed by atoms with Gasteiger partial charge in [0.25, 0.3) is 5.56 Å². The molecule has 3 aromatic rings. The summed E-state index contributed by atoms with van der Waals surface area (Å²) in [6.07, 6.45) is 3.65. The molecule has 1 aromatic carbocycles. The van der Waals surface area contributed by atoms with Crippen molar-refractivity contribution < 1.29 is 0 Å². The van der Waals surface area contributed by atoms with Crippen LogP contribution < -0.4 is 16.2 Å². The van der Waals surface area contributed by atoms with Crippen molar-refractivity contribution in [2.75, 3.05) is 12.4 Å². The van der Waals surface area contributed by atoms with Crippen LogP contribution in [0.5, 0.6) is 0 Å². The number of fused-ring (bicyclic) bond motifs is 1. The van der Waals surface area contributed by atoms with Gasteiger partial charge in [-0.15, -0.1) is 0 Å². The van der Waals surface area contributed by atoms with E-state index in [0.717, 1.165) is 23.7 Å². The lowest BCUT2D eigenvalue weighted by atomic mass is 10.1. The summed E-state index contributed by atoms with van der Waals surface area (Å²) in [5.74, 6) is 0. The molecule has 2 atom stereocenters. The molecule has 0 fully saturated rings. The Hall–Kier alpha value is -2.40. The lowest BCUT2D eigenvalue weighted by Gasteiger charge is -2.23. The third kappa shape index (κ3) is 3.76. The Morgan fingerprint density at radius 1 is 1.39 bits per heavy atom. The zero-order chi connectivity index (χ0) is 20.3. The molecular formula is C20H22ClN5OS. The van der Waals surface area contributed by atoms with Gasteiger partial charge in [-0.1, -0.05) is 24.9 Å². The molecule has 0 aliphatic carbocycles. The van der Waals surface area contributed by atoms with E-state index in [1.165, 1.54) is 11.5 Å². The molecule has 0 spiro atoms. The van der Waals surface area contributed by atoms with Crippen molar-refractivity contribution in [3.05, 3.63) is 51.4 Å². The molecule has 0 saturated heterocycles. The highest BCUT2D eigenvalue weighted by atomic mass is 35.5. The van der Waals surface area contributed by atoms with E-state index < -0.39 is 0 Å². The average Bonchev–Trinajstić information content (AvgIpc) is 3.02. The first-order valence-electron chi connectivity index (χ1n) is 9.15. The third-order valence-electron chi connectivity index (χ3n) is 4.84. The predicted molar refractivity (Wildman–Crippen MR) is 116 cm³/mol. The van der Waals surface area contributed by atoms with Crippen LogP contribution in [0, 0.1) is 11.3 Å². The maximum Gasteiger partial charge on any atom is 0.281 e. The smallest absolute Gasteiger partial charge is 0.281 e. The molecule has 0 bridgehead atoms. The van der Waals surface area contributed by atoms with Crippen LogP contribution in [0.4, 0.5) is 10.7 Å². The Morgan fingerprint density at radius 3 is 2.86 bits per heavy atom. The van der Waals surface area contributed by atoms with E-state index in [1.807, 2.05) is 32.2 Å². The van der Waals surface area contributed by atoms with Crippen LogP contribution in [0.15, 0.2) is 35.3 Å². The topological polar surface area (TPSA) is 82.7 Å². The number of rotatable bonds is 7. The van der Waals surface area contributed by atoms with Gasteiger partial charge in [0.1, 0.15) is 11.1 Å². The van der Waals surface area contributed by atoms with Crippen LogP contribution in [0.25, 0.3) is 10.9 Å². The second-order valence-corrected chi connectivity index (χ2v) is 7.97. The van der Waals surface area contributed by atoms with Crippen molar-refractivity contribution >= 4 is 44.7 Å². The Balaban J connectivity index is 2.06. The molecule has 146 valence electrons. The Labute approximate surface area is 172 Å². The van der Waals surface area contributed by atoms with Crippen molar-refractivity contribution in [1.82, 2.24) is 14.3 Å². The average molecular weight is 416 g/mol. The van der Waals surface area contributed by atoms with E-state index in [9.17, 15) is 10.1 Å². The summed E-state index contributed by atoms with van der Waals surface area (Å²) in [5.41, 5.74) is 1.24. The molecular weight excluding hydrogens is 394 g/mol. The van der Waals surface area contributed by atoms with Crippen molar-refractivity contribution in [1.29, 1.82) is 5.26 Å². The van der Waals surface area contributed by atoms with Gasteiger partial charge in [0.15, 0.2) is 5.56 Å². The van der Waals surface area contributed by atoms with Crippen LogP contribution in [0.2, 0.25) is 5.02 Å².